The number of thiophene rings is 1. The molecule has 0 amide bonds. The fraction of sp³-hybridized carbons (Fsp3) is 0.733. The van der Waals surface area contributed by atoms with E-state index in [1.165, 1.54) is 54.7 Å². The molecule has 1 nitrogen and oxygen atoms in total. The molecular formula is C15H24OS. The second-order valence-electron chi connectivity index (χ2n) is 5.21. The van der Waals surface area contributed by atoms with Gasteiger partial charge in [-0.2, -0.15) is 0 Å². The molecule has 0 bridgehead atoms. The van der Waals surface area contributed by atoms with Crippen molar-refractivity contribution in [3.8, 4) is 0 Å². The van der Waals surface area contributed by atoms with E-state index in [-0.39, 0.29) is 6.10 Å². The Morgan fingerprint density at radius 3 is 2.41 bits per heavy atom. The minimum absolute atomic E-state index is 0.210. The SMILES string of the molecule is CCc1ccc(C(O)C2CCCCCCC2)s1. The van der Waals surface area contributed by atoms with E-state index in [4.69, 9.17) is 0 Å². The number of aliphatic hydroxyl groups is 1. The van der Waals surface area contributed by atoms with Crippen molar-refractivity contribution in [2.45, 2.75) is 64.4 Å². The predicted octanol–water partition coefficient (Wildman–Crippen LogP) is 4.70. The van der Waals surface area contributed by atoms with Crippen LogP contribution in [0.4, 0.5) is 0 Å². The zero-order valence-electron chi connectivity index (χ0n) is 10.8. The lowest BCUT2D eigenvalue weighted by Gasteiger charge is -2.24. The molecule has 1 N–H and O–H groups in total. The Balaban J connectivity index is 1.98. The number of hydrogen-bond acceptors (Lipinski definition) is 2. The molecule has 2 rings (SSSR count). The third-order valence-corrected chi connectivity index (χ3v) is 5.22. The van der Waals surface area contributed by atoms with Crippen molar-refractivity contribution in [3.05, 3.63) is 21.9 Å². The number of rotatable bonds is 3. The largest absolute Gasteiger partial charge is 0.387 e. The van der Waals surface area contributed by atoms with E-state index in [9.17, 15) is 5.11 Å². The van der Waals surface area contributed by atoms with Crippen LogP contribution in [0.25, 0.3) is 0 Å². The van der Waals surface area contributed by atoms with E-state index in [0.717, 1.165) is 6.42 Å². The van der Waals surface area contributed by atoms with E-state index in [0.29, 0.717) is 5.92 Å². The molecule has 0 aliphatic heterocycles. The first-order valence-corrected chi connectivity index (χ1v) is 7.89. The number of hydrogen-bond donors (Lipinski definition) is 1. The van der Waals surface area contributed by atoms with E-state index in [1.807, 2.05) is 0 Å². The van der Waals surface area contributed by atoms with Gasteiger partial charge in [-0.05, 0) is 37.3 Å². The molecule has 1 heterocycles. The van der Waals surface area contributed by atoms with Crippen molar-refractivity contribution in [1.29, 1.82) is 0 Å². The summed E-state index contributed by atoms with van der Waals surface area (Å²) in [5.41, 5.74) is 0. The van der Waals surface area contributed by atoms with Crippen LogP contribution in [-0.2, 0) is 6.42 Å². The molecule has 1 saturated carbocycles. The lowest BCUT2D eigenvalue weighted by molar-refractivity contribution is 0.0944. The first-order valence-electron chi connectivity index (χ1n) is 7.08. The zero-order chi connectivity index (χ0) is 12.1. The predicted molar refractivity (Wildman–Crippen MR) is 74.5 cm³/mol. The number of aliphatic hydroxyl groups excluding tert-OH is 1. The molecule has 0 saturated heterocycles. The van der Waals surface area contributed by atoms with Crippen LogP contribution < -0.4 is 0 Å². The van der Waals surface area contributed by atoms with Gasteiger partial charge in [0.25, 0.3) is 0 Å². The van der Waals surface area contributed by atoms with Crippen molar-refractivity contribution in [2.75, 3.05) is 0 Å². The van der Waals surface area contributed by atoms with Crippen molar-refractivity contribution in [2.24, 2.45) is 5.92 Å². The van der Waals surface area contributed by atoms with Gasteiger partial charge in [-0.3, -0.25) is 0 Å². The third-order valence-electron chi connectivity index (χ3n) is 3.92. The smallest absolute Gasteiger partial charge is 0.0910 e. The molecule has 96 valence electrons. The molecule has 0 aromatic carbocycles. The fourth-order valence-corrected chi connectivity index (χ4v) is 3.81. The maximum atomic E-state index is 10.5. The Hall–Kier alpha value is -0.340. The Kier molecular flexibility index (Phi) is 5.05. The van der Waals surface area contributed by atoms with Crippen LogP contribution in [0.5, 0.6) is 0 Å². The summed E-state index contributed by atoms with van der Waals surface area (Å²) in [5, 5.41) is 10.5. The van der Waals surface area contributed by atoms with E-state index in [1.54, 1.807) is 11.3 Å². The van der Waals surface area contributed by atoms with Gasteiger partial charge >= 0.3 is 0 Å². The fourth-order valence-electron chi connectivity index (χ4n) is 2.78. The zero-order valence-corrected chi connectivity index (χ0v) is 11.6. The summed E-state index contributed by atoms with van der Waals surface area (Å²) >= 11 is 1.80. The summed E-state index contributed by atoms with van der Waals surface area (Å²) in [7, 11) is 0. The molecule has 17 heavy (non-hydrogen) atoms. The Labute approximate surface area is 109 Å². The highest BCUT2D eigenvalue weighted by atomic mass is 32.1. The lowest BCUT2D eigenvalue weighted by Crippen LogP contribution is -2.13. The highest BCUT2D eigenvalue weighted by molar-refractivity contribution is 7.12. The maximum absolute atomic E-state index is 10.5. The van der Waals surface area contributed by atoms with Crippen molar-refractivity contribution in [3.63, 3.8) is 0 Å². The normalized spacial score (nSPS) is 20.8. The monoisotopic (exact) mass is 252 g/mol. The highest BCUT2D eigenvalue weighted by Gasteiger charge is 2.22. The van der Waals surface area contributed by atoms with Gasteiger partial charge in [0.15, 0.2) is 0 Å². The van der Waals surface area contributed by atoms with Gasteiger partial charge in [-0.1, -0.05) is 39.0 Å². The molecule has 2 heteroatoms. The van der Waals surface area contributed by atoms with Gasteiger partial charge in [0.05, 0.1) is 6.10 Å². The van der Waals surface area contributed by atoms with Crippen LogP contribution >= 0.6 is 11.3 Å². The third kappa shape index (κ3) is 3.56. The summed E-state index contributed by atoms with van der Waals surface area (Å²) in [6, 6.07) is 4.30. The summed E-state index contributed by atoms with van der Waals surface area (Å²) in [6.07, 6.45) is 9.99. The molecule has 0 spiro atoms. The first kappa shape index (κ1) is 13.1. The molecule has 1 aliphatic carbocycles. The van der Waals surface area contributed by atoms with Crippen LogP contribution in [0.1, 0.15) is 67.7 Å². The van der Waals surface area contributed by atoms with Gasteiger partial charge in [-0.15, -0.1) is 11.3 Å². The molecule has 1 aromatic rings. The van der Waals surface area contributed by atoms with Crippen molar-refractivity contribution in [1.82, 2.24) is 0 Å². The lowest BCUT2D eigenvalue weighted by atomic mass is 9.87. The summed E-state index contributed by atoms with van der Waals surface area (Å²) in [6.45, 7) is 2.18. The second kappa shape index (κ2) is 6.55. The van der Waals surface area contributed by atoms with Gasteiger partial charge < -0.3 is 5.11 Å². The van der Waals surface area contributed by atoms with Crippen LogP contribution in [0.2, 0.25) is 0 Å². The van der Waals surface area contributed by atoms with E-state index < -0.39 is 0 Å². The van der Waals surface area contributed by atoms with Crippen LogP contribution in [0.3, 0.4) is 0 Å². The molecule has 1 unspecified atom stereocenters. The van der Waals surface area contributed by atoms with E-state index >= 15 is 0 Å². The van der Waals surface area contributed by atoms with Crippen LogP contribution in [-0.4, -0.2) is 5.11 Å². The molecular weight excluding hydrogens is 228 g/mol. The molecule has 1 aliphatic rings. The molecule has 1 atom stereocenters. The second-order valence-corrected chi connectivity index (χ2v) is 6.41. The molecule has 1 fully saturated rings. The van der Waals surface area contributed by atoms with Crippen LogP contribution in [0, 0.1) is 5.92 Å². The number of aryl methyl sites for hydroxylation is 1. The molecule has 1 aromatic heterocycles. The summed E-state index contributed by atoms with van der Waals surface area (Å²) in [5.74, 6) is 0.499. The topological polar surface area (TPSA) is 20.2 Å². The Morgan fingerprint density at radius 2 is 1.82 bits per heavy atom. The van der Waals surface area contributed by atoms with Crippen molar-refractivity contribution < 1.29 is 5.11 Å². The van der Waals surface area contributed by atoms with Gasteiger partial charge in [0.1, 0.15) is 0 Å². The Bertz CT molecular complexity index is 323. The van der Waals surface area contributed by atoms with Gasteiger partial charge in [0, 0.05) is 9.75 Å². The van der Waals surface area contributed by atoms with Crippen LogP contribution in [0.15, 0.2) is 12.1 Å². The Morgan fingerprint density at radius 1 is 1.18 bits per heavy atom. The van der Waals surface area contributed by atoms with Gasteiger partial charge in [-0.25, -0.2) is 0 Å². The highest BCUT2D eigenvalue weighted by Crippen LogP contribution is 2.35. The summed E-state index contributed by atoms with van der Waals surface area (Å²) in [4.78, 5) is 2.58. The van der Waals surface area contributed by atoms with Crippen molar-refractivity contribution >= 4 is 11.3 Å². The first-order chi connectivity index (χ1) is 8.31. The minimum atomic E-state index is -0.210. The average Bonchev–Trinajstić information content (AvgIpc) is 2.76. The standard InChI is InChI=1S/C15H24OS/c1-2-13-10-11-14(17-13)15(16)12-8-6-4-3-5-7-9-12/h10-12,15-16H,2-9H2,1H3. The average molecular weight is 252 g/mol. The van der Waals surface area contributed by atoms with E-state index in [2.05, 4.69) is 19.1 Å². The van der Waals surface area contributed by atoms with Gasteiger partial charge in [0.2, 0.25) is 0 Å². The minimum Gasteiger partial charge on any atom is -0.387 e. The summed E-state index contributed by atoms with van der Waals surface area (Å²) < 4.78 is 0. The maximum Gasteiger partial charge on any atom is 0.0910 e. The quantitative estimate of drug-likeness (QED) is 0.826. The molecule has 0 radical (unpaired) electrons.